The Morgan fingerprint density at radius 1 is 1.38 bits per heavy atom. The van der Waals surface area contributed by atoms with Crippen LogP contribution in [0.5, 0.6) is 5.75 Å². The highest BCUT2D eigenvalue weighted by molar-refractivity contribution is 5.61. The van der Waals surface area contributed by atoms with Crippen LogP contribution in [0.3, 0.4) is 0 Å². The predicted octanol–water partition coefficient (Wildman–Crippen LogP) is 1.72. The van der Waals surface area contributed by atoms with Crippen LogP contribution >= 0.6 is 0 Å². The zero-order valence-corrected chi connectivity index (χ0v) is 9.23. The second-order valence-electron chi connectivity index (χ2n) is 3.60. The molecule has 3 N–H and O–H groups in total. The van der Waals surface area contributed by atoms with Crippen molar-refractivity contribution < 1.29 is 4.74 Å². The summed E-state index contributed by atoms with van der Waals surface area (Å²) in [4.78, 5) is 0. The van der Waals surface area contributed by atoms with Gasteiger partial charge in [-0.1, -0.05) is 12.1 Å². The number of aryl methyl sites for hydroxylation is 1. The quantitative estimate of drug-likeness (QED) is 0.819. The highest BCUT2D eigenvalue weighted by Crippen LogP contribution is 2.22. The van der Waals surface area contributed by atoms with Crippen molar-refractivity contribution in [1.29, 1.82) is 0 Å². The minimum atomic E-state index is 0.520. The van der Waals surface area contributed by atoms with E-state index in [0.717, 1.165) is 22.7 Å². The fourth-order valence-electron chi connectivity index (χ4n) is 1.49. The lowest BCUT2D eigenvalue weighted by molar-refractivity contribution is 0.328. The first kappa shape index (κ1) is 10.7. The zero-order chi connectivity index (χ0) is 11.4. The van der Waals surface area contributed by atoms with Crippen molar-refractivity contribution in [3.05, 3.63) is 36.0 Å². The van der Waals surface area contributed by atoms with E-state index in [2.05, 4.69) is 10.2 Å². The van der Waals surface area contributed by atoms with Crippen LogP contribution in [-0.2, 0) is 0 Å². The van der Waals surface area contributed by atoms with E-state index in [-0.39, 0.29) is 0 Å². The number of aromatic nitrogens is 2. The number of ether oxygens (including phenoxy) is 1. The number of nitrogens with two attached hydrogens (primary N) is 1. The molecule has 2 rings (SSSR count). The number of hydrogen-bond acceptors (Lipinski definition) is 3. The van der Waals surface area contributed by atoms with Crippen LogP contribution in [0.25, 0.3) is 11.3 Å². The van der Waals surface area contributed by atoms with Crippen LogP contribution in [0.4, 0.5) is 0 Å². The SMILES string of the molecule is Cc1cc(-c2cccc(OCCN)c2)n[nH]1. The van der Waals surface area contributed by atoms with Crippen molar-refractivity contribution in [2.75, 3.05) is 13.2 Å². The first-order valence-corrected chi connectivity index (χ1v) is 5.25. The molecule has 0 atom stereocenters. The van der Waals surface area contributed by atoms with Gasteiger partial charge in [0.15, 0.2) is 0 Å². The second kappa shape index (κ2) is 4.81. The molecule has 1 aromatic heterocycles. The van der Waals surface area contributed by atoms with Crippen LogP contribution in [0.15, 0.2) is 30.3 Å². The Hall–Kier alpha value is -1.81. The maximum Gasteiger partial charge on any atom is 0.120 e. The van der Waals surface area contributed by atoms with Gasteiger partial charge in [-0.15, -0.1) is 0 Å². The Labute approximate surface area is 94.4 Å². The fraction of sp³-hybridized carbons (Fsp3) is 0.250. The van der Waals surface area contributed by atoms with E-state index < -0.39 is 0 Å². The monoisotopic (exact) mass is 217 g/mol. The molecule has 0 aliphatic rings. The van der Waals surface area contributed by atoms with E-state index in [1.165, 1.54) is 0 Å². The van der Waals surface area contributed by atoms with Crippen molar-refractivity contribution in [2.45, 2.75) is 6.92 Å². The molecule has 1 heterocycles. The third-order valence-corrected chi connectivity index (χ3v) is 2.22. The molecule has 0 saturated carbocycles. The Kier molecular flexibility index (Phi) is 3.22. The summed E-state index contributed by atoms with van der Waals surface area (Å²) < 4.78 is 5.46. The third-order valence-electron chi connectivity index (χ3n) is 2.22. The number of rotatable bonds is 4. The van der Waals surface area contributed by atoms with E-state index in [9.17, 15) is 0 Å². The molecule has 1 aromatic carbocycles. The average molecular weight is 217 g/mol. The lowest BCUT2D eigenvalue weighted by atomic mass is 10.1. The Bertz CT molecular complexity index is 465. The summed E-state index contributed by atoms with van der Waals surface area (Å²) in [6.45, 7) is 3.03. The van der Waals surface area contributed by atoms with Crippen LogP contribution in [0, 0.1) is 6.92 Å². The van der Waals surface area contributed by atoms with Gasteiger partial charge >= 0.3 is 0 Å². The van der Waals surface area contributed by atoms with Gasteiger partial charge in [0, 0.05) is 17.8 Å². The lowest BCUT2D eigenvalue weighted by Crippen LogP contribution is -2.10. The number of H-pyrrole nitrogens is 1. The van der Waals surface area contributed by atoms with Crippen molar-refractivity contribution in [3.63, 3.8) is 0 Å². The maximum absolute atomic E-state index is 5.46. The molecule has 4 nitrogen and oxygen atoms in total. The molecule has 0 amide bonds. The number of aromatic amines is 1. The number of nitrogens with one attached hydrogen (secondary N) is 1. The molecular weight excluding hydrogens is 202 g/mol. The molecular formula is C12H15N3O. The van der Waals surface area contributed by atoms with Crippen LogP contribution in [0.1, 0.15) is 5.69 Å². The smallest absolute Gasteiger partial charge is 0.120 e. The van der Waals surface area contributed by atoms with Gasteiger partial charge in [-0.2, -0.15) is 5.10 Å². The number of benzene rings is 1. The predicted molar refractivity (Wildman–Crippen MR) is 63.3 cm³/mol. The van der Waals surface area contributed by atoms with Gasteiger partial charge in [-0.25, -0.2) is 0 Å². The molecule has 4 heteroatoms. The molecule has 2 aromatic rings. The van der Waals surface area contributed by atoms with Crippen molar-refractivity contribution in [3.8, 4) is 17.0 Å². The van der Waals surface area contributed by atoms with E-state index in [0.29, 0.717) is 13.2 Å². The molecule has 0 saturated heterocycles. The van der Waals surface area contributed by atoms with Gasteiger partial charge in [-0.05, 0) is 25.1 Å². The summed E-state index contributed by atoms with van der Waals surface area (Å²) in [5, 5.41) is 7.12. The Morgan fingerprint density at radius 3 is 2.94 bits per heavy atom. The summed E-state index contributed by atoms with van der Waals surface area (Å²) >= 11 is 0. The summed E-state index contributed by atoms with van der Waals surface area (Å²) in [6, 6.07) is 9.84. The minimum Gasteiger partial charge on any atom is -0.492 e. The van der Waals surface area contributed by atoms with Crippen LogP contribution < -0.4 is 10.5 Å². The summed E-state index contributed by atoms with van der Waals surface area (Å²) in [5.74, 6) is 0.823. The molecule has 0 aliphatic carbocycles. The van der Waals surface area contributed by atoms with Gasteiger partial charge in [0.1, 0.15) is 12.4 Å². The van der Waals surface area contributed by atoms with Crippen molar-refractivity contribution >= 4 is 0 Å². The number of nitrogens with zero attached hydrogens (tertiary/aromatic N) is 1. The van der Waals surface area contributed by atoms with E-state index in [1.54, 1.807) is 0 Å². The van der Waals surface area contributed by atoms with Crippen molar-refractivity contribution in [2.24, 2.45) is 5.73 Å². The first-order chi connectivity index (χ1) is 7.79. The summed E-state index contributed by atoms with van der Waals surface area (Å²) in [6.07, 6.45) is 0. The molecule has 16 heavy (non-hydrogen) atoms. The van der Waals surface area contributed by atoms with Gasteiger partial charge in [0.2, 0.25) is 0 Å². The maximum atomic E-state index is 5.46. The van der Waals surface area contributed by atoms with Gasteiger partial charge in [-0.3, -0.25) is 5.10 Å². The van der Waals surface area contributed by atoms with E-state index in [1.807, 2.05) is 37.3 Å². The Balaban J connectivity index is 2.22. The highest BCUT2D eigenvalue weighted by atomic mass is 16.5. The summed E-state index contributed by atoms with van der Waals surface area (Å²) in [7, 11) is 0. The topological polar surface area (TPSA) is 63.9 Å². The molecule has 84 valence electrons. The Morgan fingerprint density at radius 2 is 2.25 bits per heavy atom. The molecule has 0 aliphatic heterocycles. The van der Waals surface area contributed by atoms with Crippen LogP contribution in [0.2, 0.25) is 0 Å². The molecule has 0 unspecified atom stereocenters. The number of hydrogen-bond donors (Lipinski definition) is 2. The van der Waals surface area contributed by atoms with Gasteiger partial charge in [0.05, 0.1) is 5.69 Å². The van der Waals surface area contributed by atoms with E-state index >= 15 is 0 Å². The molecule has 0 spiro atoms. The lowest BCUT2D eigenvalue weighted by Gasteiger charge is -2.05. The normalized spacial score (nSPS) is 10.4. The summed E-state index contributed by atoms with van der Waals surface area (Å²) in [5.41, 5.74) is 8.40. The van der Waals surface area contributed by atoms with Gasteiger partial charge < -0.3 is 10.5 Å². The van der Waals surface area contributed by atoms with Gasteiger partial charge in [0.25, 0.3) is 0 Å². The van der Waals surface area contributed by atoms with Crippen molar-refractivity contribution in [1.82, 2.24) is 10.2 Å². The van der Waals surface area contributed by atoms with E-state index in [4.69, 9.17) is 10.5 Å². The highest BCUT2D eigenvalue weighted by Gasteiger charge is 2.02. The zero-order valence-electron chi connectivity index (χ0n) is 9.23. The standard InChI is InChI=1S/C12H15N3O/c1-9-7-12(15-14-9)10-3-2-4-11(8-10)16-6-5-13/h2-4,7-8H,5-6,13H2,1H3,(H,14,15). The molecule has 0 fully saturated rings. The minimum absolute atomic E-state index is 0.520. The first-order valence-electron chi connectivity index (χ1n) is 5.25. The third kappa shape index (κ3) is 2.41. The fourth-order valence-corrected chi connectivity index (χ4v) is 1.49. The molecule has 0 radical (unpaired) electrons. The van der Waals surface area contributed by atoms with Crippen LogP contribution in [-0.4, -0.2) is 23.3 Å². The average Bonchev–Trinajstić information content (AvgIpc) is 2.74. The second-order valence-corrected chi connectivity index (χ2v) is 3.60. The largest absolute Gasteiger partial charge is 0.492 e. The molecule has 0 bridgehead atoms.